The first-order valence-electron chi connectivity index (χ1n) is 4.58. The van der Waals surface area contributed by atoms with E-state index in [4.69, 9.17) is 0 Å². The molecule has 0 atom stereocenters. The lowest BCUT2D eigenvalue weighted by atomic mass is 10.2. The minimum atomic E-state index is -2.71. The van der Waals surface area contributed by atoms with Gasteiger partial charge < -0.3 is 4.74 Å². The first kappa shape index (κ1) is 12.0. The zero-order valence-corrected chi connectivity index (χ0v) is 10.2. The number of hydrogen-bond donors (Lipinski definition) is 0. The van der Waals surface area contributed by atoms with Crippen LogP contribution in [0.4, 0.5) is 8.78 Å². The molecule has 0 spiro atoms. The molecule has 17 heavy (non-hydrogen) atoms. The molecule has 1 aromatic carbocycles. The van der Waals surface area contributed by atoms with Crippen LogP contribution in [0, 0.1) is 0 Å². The smallest absolute Gasteiger partial charge is 0.337 e. The molecule has 0 N–H and O–H groups in total. The number of nitrogens with zero attached hydrogens (tertiary/aromatic N) is 2. The number of benzene rings is 1. The van der Waals surface area contributed by atoms with Gasteiger partial charge in [0.2, 0.25) is 0 Å². The Morgan fingerprint density at radius 1 is 1.53 bits per heavy atom. The Morgan fingerprint density at radius 2 is 2.24 bits per heavy atom. The van der Waals surface area contributed by atoms with Crippen LogP contribution >= 0.6 is 15.9 Å². The van der Waals surface area contributed by atoms with Crippen molar-refractivity contribution in [3.05, 3.63) is 28.4 Å². The van der Waals surface area contributed by atoms with Crippen LogP contribution in [-0.4, -0.2) is 22.9 Å². The standard InChI is InChI=1S/C10H7BrF2N2O2/c1-17-9(16)5-2-7(11)6-4-15(10(12)13)14-8(6)3-5/h2-4,10H,1H3. The van der Waals surface area contributed by atoms with Crippen molar-refractivity contribution in [3.63, 3.8) is 0 Å². The van der Waals surface area contributed by atoms with Gasteiger partial charge >= 0.3 is 12.5 Å². The molecule has 0 aliphatic rings. The summed E-state index contributed by atoms with van der Waals surface area (Å²) in [7, 11) is 1.25. The van der Waals surface area contributed by atoms with Crippen molar-refractivity contribution in [1.82, 2.24) is 9.78 Å². The van der Waals surface area contributed by atoms with Crippen LogP contribution in [0.5, 0.6) is 0 Å². The number of aromatic nitrogens is 2. The highest BCUT2D eigenvalue weighted by Crippen LogP contribution is 2.27. The first-order valence-corrected chi connectivity index (χ1v) is 5.37. The molecule has 0 radical (unpaired) electrons. The zero-order valence-electron chi connectivity index (χ0n) is 8.65. The predicted octanol–water partition coefficient (Wildman–Crippen LogP) is 2.98. The lowest BCUT2D eigenvalue weighted by molar-refractivity contribution is 0.0573. The maximum atomic E-state index is 12.5. The Morgan fingerprint density at radius 3 is 2.82 bits per heavy atom. The number of esters is 1. The summed E-state index contributed by atoms with van der Waals surface area (Å²) in [5, 5.41) is 4.19. The van der Waals surface area contributed by atoms with Gasteiger partial charge in [0.05, 0.1) is 18.2 Å². The molecule has 0 saturated carbocycles. The van der Waals surface area contributed by atoms with Crippen molar-refractivity contribution in [3.8, 4) is 0 Å². The Balaban J connectivity index is 2.61. The summed E-state index contributed by atoms with van der Waals surface area (Å²) >= 11 is 3.20. The summed E-state index contributed by atoms with van der Waals surface area (Å²) in [6.45, 7) is -2.71. The molecule has 2 aromatic rings. The van der Waals surface area contributed by atoms with Crippen molar-refractivity contribution < 1.29 is 18.3 Å². The SMILES string of the molecule is COC(=O)c1cc(Br)c2cn(C(F)F)nc2c1. The summed E-state index contributed by atoms with van der Waals surface area (Å²) in [4.78, 5) is 11.3. The van der Waals surface area contributed by atoms with E-state index in [-0.39, 0.29) is 5.56 Å². The van der Waals surface area contributed by atoms with Crippen molar-refractivity contribution >= 4 is 32.8 Å². The molecule has 0 aliphatic heterocycles. The van der Waals surface area contributed by atoms with Crippen molar-refractivity contribution in [2.24, 2.45) is 0 Å². The average Bonchev–Trinajstić information content (AvgIpc) is 2.72. The molecule has 90 valence electrons. The van der Waals surface area contributed by atoms with E-state index >= 15 is 0 Å². The largest absolute Gasteiger partial charge is 0.465 e. The Bertz CT molecular complexity index is 583. The third-order valence-corrected chi connectivity index (χ3v) is 2.87. The van der Waals surface area contributed by atoms with Gasteiger partial charge in [-0.2, -0.15) is 13.9 Å². The molecule has 0 saturated heterocycles. The Hall–Kier alpha value is -1.50. The number of ether oxygens (including phenoxy) is 1. The number of fused-ring (bicyclic) bond motifs is 1. The van der Waals surface area contributed by atoms with E-state index in [0.717, 1.165) is 0 Å². The molecule has 1 aromatic heterocycles. The summed E-state index contributed by atoms with van der Waals surface area (Å²) in [6.07, 6.45) is 1.21. The zero-order chi connectivity index (χ0) is 12.6. The number of hydrogen-bond acceptors (Lipinski definition) is 3. The lowest BCUT2D eigenvalue weighted by Crippen LogP contribution is -2.01. The second-order valence-electron chi connectivity index (χ2n) is 3.27. The van der Waals surface area contributed by atoms with Crippen LogP contribution in [0.1, 0.15) is 16.9 Å². The van der Waals surface area contributed by atoms with Crippen LogP contribution < -0.4 is 0 Å². The van der Waals surface area contributed by atoms with Gasteiger partial charge in [0, 0.05) is 16.1 Å². The third-order valence-electron chi connectivity index (χ3n) is 2.21. The van der Waals surface area contributed by atoms with Crippen LogP contribution in [0.15, 0.2) is 22.8 Å². The maximum absolute atomic E-state index is 12.5. The number of halogens is 3. The van der Waals surface area contributed by atoms with E-state index in [2.05, 4.69) is 25.8 Å². The minimum Gasteiger partial charge on any atom is -0.465 e. The first-order chi connectivity index (χ1) is 8.02. The number of carbonyl (C=O) groups excluding carboxylic acids is 1. The average molecular weight is 305 g/mol. The van der Waals surface area contributed by atoms with Gasteiger partial charge in [-0.3, -0.25) is 0 Å². The van der Waals surface area contributed by atoms with Crippen LogP contribution in [0.25, 0.3) is 10.9 Å². The summed E-state index contributed by atoms with van der Waals surface area (Å²) in [5.74, 6) is -0.542. The molecule has 0 unspecified atom stereocenters. The van der Waals surface area contributed by atoms with Crippen LogP contribution in [-0.2, 0) is 4.74 Å². The topological polar surface area (TPSA) is 44.1 Å². The molecule has 0 bridgehead atoms. The van der Waals surface area contributed by atoms with Gasteiger partial charge in [0.15, 0.2) is 0 Å². The molecular weight excluding hydrogens is 298 g/mol. The highest BCUT2D eigenvalue weighted by molar-refractivity contribution is 9.10. The third kappa shape index (κ3) is 2.14. The second kappa shape index (κ2) is 4.40. The summed E-state index contributed by atoms with van der Waals surface area (Å²) < 4.78 is 30.5. The van der Waals surface area contributed by atoms with Crippen molar-refractivity contribution in [1.29, 1.82) is 0 Å². The molecular formula is C10H7BrF2N2O2. The summed E-state index contributed by atoms with van der Waals surface area (Å²) in [6, 6.07) is 2.91. The number of rotatable bonds is 2. The second-order valence-corrected chi connectivity index (χ2v) is 4.12. The molecule has 7 heteroatoms. The van der Waals surface area contributed by atoms with Gasteiger partial charge in [-0.1, -0.05) is 15.9 Å². The van der Waals surface area contributed by atoms with Gasteiger partial charge in [-0.15, -0.1) is 0 Å². The molecule has 0 aliphatic carbocycles. The van der Waals surface area contributed by atoms with Gasteiger partial charge in [-0.05, 0) is 12.1 Å². The monoisotopic (exact) mass is 304 g/mol. The molecule has 2 rings (SSSR count). The highest BCUT2D eigenvalue weighted by atomic mass is 79.9. The van der Waals surface area contributed by atoms with Crippen LogP contribution in [0.3, 0.4) is 0 Å². The fraction of sp³-hybridized carbons (Fsp3) is 0.200. The van der Waals surface area contributed by atoms with E-state index < -0.39 is 12.5 Å². The molecule has 0 amide bonds. The quantitative estimate of drug-likeness (QED) is 0.801. The molecule has 1 heterocycles. The van der Waals surface area contributed by atoms with Crippen LogP contribution in [0.2, 0.25) is 0 Å². The number of alkyl halides is 2. The Kier molecular flexibility index (Phi) is 3.10. The Labute approximate surface area is 103 Å². The van der Waals surface area contributed by atoms with E-state index in [1.54, 1.807) is 0 Å². The van der Waals surface area contributed by atoms with E-state index in [0.29, 0.717) is 20.1 Å². The van der Waals surface area contributed by atoms with Gasteiger partial charge in [0.25, 0.3) is 0 Å². The van der Waals surface area contributed by atoms with Crippen molar-refractivity contribution in [2.75, 3.05) is 7.11 Å². The van der Waals surface area contributed by atoms with E-state index in [1.165, 1.54) is 25.4 Å². The van der Waals surface area contributed by atoms with Gasteiger partial charge in [0.1, 0.15) is 0 Å². The van der Waals surface area contributed by atoms with Crippen molar-refractivity contribution in [2.45, 2.75) is 6.55 Å². The van der Waals surface area contributed by atoms with Gasteiger partial charge in [-0.25, -0.2) is 9.48 Å². The summed E-state index contributed by atoms with van der Waals surface area (Å²) in [5.41, 5.74) is 0.562. The molecule has 4 nitrogen and oxygen atoms in total. The van der Waals surface area contributed by atoms with E-state index in [1.807, 2.05) is 0 Å². The normalized spacial score (nSPS) is 11.1. The number of methoxy groups -OCH3 is 1. The fourth-order valence-electron chi connectivity index (χ4n) is 1.44. The predicted molar refractivity (Wildman–Crippen MR) is 60.0 cm³/mol. The number of carbonyl (C=O) groups is 1. The fourth-order valence-corrected chi connectivity index (χ4v) is 1.99. The lowest BCUT2D eigenvalue weighted by Gasteiger charge is -2.00. The minimum absolute atomic E-state index is 0.256. The maximum Gasteiger partial charge on any atom is 0.337 e. The van der Waals surface area contributed by atoms with E-state index in [9.17, 15) is 13.6 Å². The highest BCUT2D eigenvalue weighted by Gasteiger charge is 2.14. The molecule has 0 fully saturated rings.